The Balaban J connectivity index is 2.30. The van der Waals surface area contributed by atoms with Gasteiger partial charge in [-0.2, -0.15) is 0 Å². The van der Waals surface area contributed by atoms with Crippen LogP contribution in [-0.4, -0.2) is 24.4 Å². The van der Waals surface area contributed by atoms with Gasteiger partial charge in [-0.3, -0.25) is 0 Å². The van der Waals surface area contributed by atoms with Gasteiger partial charge in [-0.05, 0) is 12.8 Å². The molecule has 0 saturated heterocycles. The summed E-state index contributed by atoms with van der Waals surface area (Å²) < 4.78 is 5.05. The third-order valence-electron chi connectivity index (χ3n) is 1.97. The number of methoxy groups -OCH3 is 1. The Morgan fingerprint density at radius 2 is 2.00 bits per heavy atom. The second-order valence-corrected chi connectivity index (χ2v) is 2.63. The van der Waals surface area contributed by atoms with E-state index < -0.39 is 0 Å². The van der Waals surface area contributed by atoms with E-state index in [1.807, 2.05) is 0 Å². The third-order valence-corrected chi connectivity index (χ3v) is 1.97. The molecule has 1 aliphatic rings. The second kappa shape index (κ2) is 3.18. The summed E-state index contributed by atoms with van der Waals surface area (Å²) in [6.07, 6.45) is 4.20. The number of hydrogen-bond donors (Lipinski definition) is 1. The van der Waals surface area contributed by atoms with Gasteiger partial charge in [0, 0.05) is 7.11 Å². The molecule has 0 aromatic heterocycles. The Morgan fingerprint density at radius 3 is 2.44 bits per heavy atom. The van der Waals surface area contributed by atoms with Crippen molar-refractivity contribution in [2.45, 2.75) is 37.9 Å². The molecule has 0 bridgehead atoms. The van der Waals surface area contributed by atoms with E-state index in [4.69, 9.17) is 4.74 Å². The van der Waals surface area contributed by atoms with E-state index in [9.17, 15) is 5.11 Å². The molecule has 1 N–H and O–H groups in total. The highest BCUT2D eigenvalue weighted by Crippen LogP contribution is 2.19. The van der Waals surface area contributed by atoms with Crippen LogP contribution in [0.5, 0.6) is 0 Å². The summed E-state index contributed by atoms with van der Waals surface area (Å²) >= 11 is 0. The van der Waals surface area contributed by atoms with Gasteiger partial charge in [-0.1, -0.05) is 12.8 Å². The van der Waals surface area contributed by atoms with E-state index in [0.29, 0.717) is 0 Å². The van der Waals surface area contributed by atoms with Gasteiger partial charge in [0.15, 0.2) is 0 Å². The zero-order valence-corrected chi connectivity index (χ0v) is 5.84. The highest BCUT2D eigenvalue weighted by molar-refractivity contribution is 4.73. The molecule has 54 valence electrons. The number of ether oxygens (including phenoxy) is 1. The van der Waals surface area contributed by atoms with Gasteiger partial charge in [-0.15, -0.1) is 0 Å². The molecule has 1 fully saturated rings. The first kappa shape index (κ1) is 7.03. The topological polar surface area (TPSA) is 29.5 Å². The molecule has 0 radical (unpaired) electrons. The predicted molar refractivity (Wildman–Crippen MR) is 35.3 cm³/mol. The van der Waals surface area contributed by atoms with E-state index in [2.05, 4.69) is 0 Å². The zero-order chi connectivity index (χ0) is 6.69. The van der Waals surface area contributed by atoms with Crippen molar-refractivity contribution in [1.82, 2.24) is 0 Å². The minimum Gasteiger partial charge on any atom is -0.390 e. The molecule has 0 spiro atoms. The lowest BCUT2D eigenvalue weighted by Gasteiger charge is -2.25. The number of hydrogen-bond acceptors (Lipinski definition) is 2. The van der Waals surface area contributed by atoms with E-state index in [1.54, 1.807) is 7.11 Å². The van der Waals surface area contributed by atoms with Crippen molar-refractivity contribution in [3.63, 3.8) is 0 Å². The summed E-state index contributed by atoms with van der Waals surface area (Å²) in [6, 6.07) is 0. The summed E-state index contributed by atoms with van der Waals surface area (Å²) in [5, 5.41) is 9.24. The molecule has 0 amide bonds. The Bertz CT molecular complexity index is 83.0. The van der Waals surface area contributed by atoms with Crippen molar-refractivity contribution in [3.05, 3.63) is 0 Å². The van der Waals surface area contributed by atoms with E-state index in [1.165, 1.54) is 6.42 Å². The van der Waals surface area contributed by atoms with Crippen LogP contribution in [0.2, 0.25) is 0 Å². The first-order valence-electron chi connectivity index (χ1n) is 3.55. The van der Waals surface area contributed by atoms with Crippen LogP contribution in [0.15, 0.2) is 0 Å². The molecule has 0 aromatic rings. The molecule has 0 aromatic carbocycles. The maximum atomic E-state index is 9.24. The van der Waals surface area contributed by atoms with Gasteiger partial charge in [0.1, 0.15) is 0 Å². The quantitative estimate of drug-likeness (QED) is 0.572. The molecule has 1 rings (SSSR count). The molecule has 1 unspecified atom stereocenters. The molecule has 0 aliphatic heterocycles. The number of aliphatic hydroxyl groups excluding tert-OH is 1. The maximum Gasteiger partial charge on any atom is 0.0830 e. The average Bonchev–Trinajstić information content (AvgIpc) is 1.89. The predicted octanol–water partition coefficient (Wildman–Crippen LogP) is 0.936. The van der Waals surface area contributed by atoms with Crippen LogP contribution < -0.4 is 0 Å². The lowest BCUT2D eigenvalue weighted by molar-refractivity contribution is -0.0359. The monoisotopic (exact) mass is 130 g/mol. The molecule has 2 heteroatoms. The fraction of sp³-hybridized carbons (Fsp3) is 1.00. The lowest BCUT2D eigenvalue weighted by atomic mass is 9.95. The summed E-state index contributed by atoms with van der Waals surface area (Å²) in [5.74, 6) is 0. The fourth-order valence-corrected chi connectivity index (χ4v) is 1.35. The summed E-state index contributed by atoms with van der Waals surface area (Å²) in [7, 11) is 1.67. The summed E-state index contributed by atoms with van der Waals surface area (Å²) in [4.78, 5) is 0. The van der Waals surface area contributed by atoms with Crippen molar-refractivity contribution >= 4 is 0 Å². The lowest BCUT2D eigenvalue weighted by Crippen LogP contribution is -2.30. The molecule has 0 heterocycles. The normalized spacial score (nSPS) is 36.7. The fourth-order valence-electron chi connectivity index (χ4n) is 1.35. The molecule has 9 heavy (non-hydrogen) atoms. The second-order valence-electron chi connectivity index (χ2n) is 2.63. The Labute approximate surface area is 55.8 Å². The van der Waals surface area contributed by atoms with Crippen LogP contribution in [0.3, 0.4) is 0 Å². The molecular formula is C7H14O2. The van der Waals surface area contributed by atoms with Crippen molar-refractivity contribution in [2.75, 3.05) is 7.11 Å². The number of rotatable bonds is 1. The van der Waals surface area contributed by atoms with Gasteiger partial charge in [0.2, 0.25) is 0 Å². The standard InChI is InChI=1S/C7H14O2/c1-9-7-5-3-2-4-6(7)8/h6-8H,2-5H2,1H3/t6-,7?/m0/s1. The van der Waals surface area contributed by atoms with Gasteiger partial charge in [0.25, 0.3) is 0 Å². The summed E-state index contributed by atoms with van der Waals surface area (Å²) in [6.45, 7) is 0. The Kier molecular flexibility index (Phi) is 2.49. The zero-order valence-electron chi connectivity index (χ0n) is 5.84. The highest BCUT2D eigenvalue weighted by Gasteiger charge is 2.21. The van der Waals surface area contributed by atoms with Gasteiger partial charge < -0.3 is 9.84 Å². The van der Waals surface area contributed by atoms with Crippen molar-refractivity contribution in [1.29, 1.82) is 0 Å². The Morgan fingerprint density at radius 1 is 1.33 bits per heavy atom. The van der Waals surface area contributed by atoms with Gasteiger partial charge in [-0.25, -0.2) is 0 Å². The van der Waals surface area contributed by atoms with Crippen molar-refractivity contribution in [2.24, 2.45) is 0 Å². The van der Waals surface area contributed by atoms with E-state index in [-0.39, 0.29) is 12.2 Å². The first-order chi connectivity index (χ1) is 4.34. The van der Waals surface area contributed by atoms with Gasteiger partial charge in [0.05, 0.1) is 12.2 Å². The molecule has 1 saturated carbocycles. The molecule has 2 atom stereocenters. The highest BCUT2D eigenvalue weighted by atomic mass is 16.5. The van der Waals surface area contributed by atoms with Crippen LogP contribution >= 0.6 is 0 Å². The largest absolute Gasteiger partial charge is 0.390 e. The maximum absolute atomic E-state index is 9.24. The SMILES string of the molecule is COC1CCCC[C@@H]1O. The van der Waals surface area contributed by atoms with Gasteiger partial charge >= 0.3 is 0 Å². The van der Waals surface area contributed by atoms with E-state index >= 15 is 0 Å². The van der Waals surface area contributed by atoms with Crippen molar-refractivity contribution < 1.29 is 9.84 Å². The van der Waals surface area contributed by atoms with E-state index in [0.717, 1.165) is 19.3 Å². The molecule has 2 nitrogen and oxygen atoms in total. The Hall–Kier alpha value is -0.0800. The third kappa shape index (κ3) is 1.66. The molecule has 1 aliphatic carbocycles. The van der Waals surface area contributed by atoms with Crippen LogP contribution in [0.25, 0.3) is 0 Å². The minimum absolute atomic E-state index is 0.110. The minimum atomic E-state index is -0.205. The smallest absolute Gasteiger partial charge is 0.0830 e. The van der Waals surface area contributed by atoms with Crippen LogP contribution in [0.4, 0.5) is 0 Å². The van der Waals surface area contributed by atoms with Crippen LogP contribution in [0.1, 0.15) is 25.7 Å². The number of aliphatic hydroxyl groups is 1. The molecular weight excluding hydrogens is 116 g/mol. The van der Waals surface area contributed by atoms with Crippen molar-refractivity contribution in [3.8, 4) is 0 Å². The van der Waals surface area contributed by atoms with Crippen LogP contribution in [-0.2, 0) is 4.74 Å². The first-order valence-corrected chi connectivity index (χ1v) is 3.55. The summed E-state index contributed by atoms with van der Waals surface area (Å²) in [5.41, 5.74) is 0. The van der Waals surface area contributed by atoms with Crippen LogP contribution in [0, 0.1) is 0 Å². The average molecular weight is 130 g/mol.